The highest BCUT2D eigenvalue weighted by molar-refractivity contribution is 9.10. The van der Waals surface area contributed by atoms with Crippen LogP contribution in [0.5, 0.6) is 0 Å². The van der Waals surface area contributed by atoms with Gasteiger partial charge in [0.05, 0.1) is 16.7 Å². The highest BCUT2D eigenvalue weighted by Crippen LogP contribution is 2.30. The molecule has 1 atom stereocenters. The van der Waals surface area contributed by atoms with Gasteiger partial charge in [0.15, 0.2) is 0 Å². The number of para-hydroxylation sites is 1. The molecule has 7 heteroatoms. The van der Waals surface area contributed by atoms with Crippen LogP contribution in [0.1, 0.15) is 12.0 Å². The summed E-state index contributed by atoms with van der Waals surface area (Å²) >= 11 is 4.53. The van der Waals surface area contributed by atoms with Crippen LogP contribution in [0.15, 0.2) is 53.0 Å². The molecule has 3 rings (SSSR count). The summed E-state index contributed by atoms with van der Waals surface area (Å²) in [6, 6.07) is 14.5. The maximum Gasteiger partial charge on any atom is 0.247 e. The summed E-state index contributed by atoms with van der Waals surface area (Å²) < 4.78 is 0.874. The zero-order valence-corrected chi connectivity index (χ0v) is 16.5. The van der Waals surface area contributed by atoms with Gasteiger partial charge in [-0.3, -0.25) is 14.4 Å². The highest BCUT2D eigenvalue weighted by atomic mass is 79.9. The fourth-order valence-corrected chi connectivity index (χ4v) is 3.87. The molecule has 0 radical (unpaired) electrons. The lowest BCUT2D eigenvalue weighted by molar-refractivity contribution is -0.121. The molecule has 2 aromatic carbocycles. The van der Waals surface area contributed by atoms with Gasteiger partial charge in [0, 0.05) is 16.6 Å². The van der Waals surface area contributed by atoms with E-state index in [4.69, 9.17) is 0 Å². The second-order valence-electron chi connectivity index (χ2n) is 5.91. The third-order valence-electron chi connectivity index (χ3n) is 4.02. The largest absolute Gasteiger partial charge is 0.325 e. The van der Waals surface area contributed by atoms with Crippen molar-refractivity contribution in [1.29, 1.82) is 0 Å². The molecule has 1 heterocycles. The number of carbonyl (C=O) groups is 3. The summed E-state index contributed by atoms with van der Waals surface area (Å²) in [5, 5.41) is 2.30. The molecule has 1 aliphatic rings. The molecule has 0 bridgehead atoms. The Morgan fingerprint density at radius 3 is 2.58 bits per heavy atom. The Morgan fingerprint density at radius 1 is 1.19 bits per heavy atom. The van der Waals surface area contributed by atoms with Gasteiger partial charge >= 0.3 is 0 Å². The van der Waals surface area contributed by atoms with E-state index in [-0.39, 0.29) is 29.9 Å². The zero-order chi connectivity index (χ0) is 18.7. The van der Waals surface area contributed by atoms with Crippen molar-refractivity contribution in [2.24, 2.45) is 0 Å². The van der Waals surface area contributed by atoms with Gasteiger partial charge in [-0.05, 0) is 42.8 Å². The van der Waals surface area contributed by atoms with Gasteiger partial charge in [-0.2, -0.15) is 0 Å². The Labute approximate surface area is 164 Å². The normalized spacial score (nSPS) is 16.8. The summed E-state index contributed by atoms with van der Waals surface area (Å²) in [6.07, 6.45) is 0.108. The lowest BCUT2D eigenvalue weighted by atomic mass is 10.2. The number of nitrogens with zero attached hydrogens (tertiary/aromatic N) is 1. The fourth-order valence-electron chi connectivity index (χ4n) is 2.67. The summed E-state index contributed by atoms with van der Waals surface area (Å²) in [4.78, 5) is 38.2. The smallest absolute Gasteiger partial charge is 0.247 e. The Morgan fingerprint density at radius 2 is 1.88 bits per heavy atom. The number of imide groups is 1. The minimum Gasteiger partial charge on any atom is -0.325 e. The van der Waals surface area contributed by atoms with Crippen LogP contribution in [0.25, 0.3) is 0 Å². The predicted octanol–water partition coefficient (Wildman–Crippen LogP) is 3.76. The molecule has 1 saturated heterocycles. The standard InChI is InChI=1S/C19H17BrN2O3S/c1-12-4-2-3-5-15(12)21-17(23)11-26-16-10-18(24)22(19(16)25)14-8-6-13(20)7-9-14/h2-9,16H,10-11H2,1H3,(H,21,23). The van der Waals surface area contributed by atoms with E-state index in [1.54, 1.807) is 24.3 Å². The predicted molar refractivity (Wildman–Crippen MR) is 107 cm³/mol. The van der Waals surface area contributed by atoms with Crippen molar-refractivity contribution in [2.75, 3.05) is 16.0 Å². The molecule has 5 nitrogen and oxygen atoms in total. The molecule has 0 aliphatic carbocycles. The van der Waals surface area contributed by atoms with E-state index >= 15 is 0 Å². The average Bonchev–Trinajstić information content (AvgIpc) is 2.90. The molecule has 1 fully saturated rings. The third-order valence-corrected chi connectivity index (χ3v) is 5.75. The molecule has 1 aliphatic heterocycles. The molecule has 2 aromatic rings. The number of aryl methyl sites for hydroxylation is 1. The molecular weight excluding hydrogens is 416 g/mol. The van der Waals surface area contributed by atoms with Crippen LogP contribution in [0.2, 0.25) is 0 Å². The second kappa shape index (κ2) is 8.05. The Bertz CT molecular complexity index is 854. The molecule has 134 valence electrons. The Kier molecular flexibility index (Phi) is 5.78. The van der Waals surface area contributed by atoms with Gasteiger partial charge in [0.1, 0.15) is 0 Å². The van der Waals surface area contributed by atoms with Crippen molar-refractivity contribution >= 4 is 56.8 Å². The van der Waals surface area contributed by atoms with Crippen LogP contribution in [0.3, 0.4) is 0 Å². The number of hydrogen-bond acceptors (Lipinski definition) is 4. The number of anilines is 2. The first kappa shape index (κ1) is 18.7. The quantitative estimate of drug-likeness (QED) is 0.730. The van der Waals surface area contributed by atoms with E-state index in [9.17, 15) is 14.4 Å². The zero-order valence-electron chi connectivity index (χ0n) is 14.1. The number of hydrogen-bond donors (Lipinski definition) is 1. The monoisotopic (exact) mass is 432 g/mol. The van der Waals surface area contributed by atoms with Gasteiger partial charge in [0.25, 0.3) is 0 Å². The SMILES string of the molecule is Cc1ccccc1NC(=O)CSC1CC(=O)N(c2ccc(Br)cc2)C1=O. The number of halogens is 1. The van der Waals surface area contributed by atoms with Crippen LogP contribution in [0.4, 0.5) is 11.4 Å². The number of thioether (sulfide) groups is 1. The minimum atomic E-state index is -0.534. The summed E-state index contributed by atoms with van der Waals surface area (Å²) in [5.74, 6) is -0.585. The lowest BCUT2D eigenvalue weighted by Gasteiger charge is -2.15. The van der Waals surface area contributed by atoms with E-state index in [0.717, 1.165) is 15.7 Å². The van der Waals surface area contributed by atoms with E-state index in [1.165, 1.54) is 16.7 Å². The number of amides is 3. The topological polar surface area (TPSA) is 66.5 Å². The van der Waals surface area contributed by atoms with Crippen molar-refractivity contribution < 1.29 is 14.4 Å². The van der Waals surface area contributed by atoms with Gasteiger partial charge in [-0.1, -0.05) is 34.1 Å². The third kappa shape index (κ3) is 4.16. The Balaban J connectivity index is 1.60. The molecule has 0 aromatic heterocycles. The molecule has 0 saturated carbocycles. The maximum absolute atomic E-state index is 12.6. The second-order valence-corrected chi connectivity index (χ2v) is 8.02. The molecule has 26 heavy (non-hydrogen) atoms. The molecular formula is C19H17BrN2O3S. The van der Waals surface area contributed by atoms with Crippen LogP contribution >= 0.6 is 27.7 Å². The van der Waals surface area contributed by atoms with E-state index in [1.807, 2.05) is 31.2 Å². The molecule has 0 spiro atoms. The molecule has 1 unspecified atom stereocenters. The van der Waals surface area contributed by atoms with Crippen molar-refractivity contribution in [3.05, 3.63) is 58.6 Å². The van der Waals surface area contributed by atoms with E-state index in [0.29, 0.717) is 5.69 Å². The van der Waals surface area contributed by atoms with Crippen molar-refractivity contribution in [1.82, 2.24) is 0 Å². The summed E-state index contributed by atoms with van der Waals surface area (Å²) in [5.41, 5.74) is 2.28. The van der Waals surface area contributed by atoms with Crippen LogP contribution < -0.4 is 10.2 Å². The van der Waals surface area contributed by atoms with Crippen molar-refractivity contribution in [3.63, 3.8) is 0 Å². The Hall–Kier alpha value is -2.12. The van der Waals surface area contributed by atoms with Gasteiger partial charge in [0.2, 0.25) is 17.7 Å². The first-order valence-corrected chi connectivity index (χ1v) is 9.89. The summed E-state index contributed by atoms with van der Waals surface area (Å²) in [7, 11) is 0. The van der Waals surface area contributed by atoms with Gasteiger partial charge in [-0.15, -0.1) is 11.8 Å². The lowest BCUT2D eigenvalue weighted by Crippen LogP contribution is -2.31. The number of benzene rings is 2. The first-order valence-electron chi connectivity index (χ1n) is 8.05. The summed E-state index contributed by atoms with van der Waals surface area (Å²) in [6.45, 7) is 1.91. The fraction of sp³-hybridized carbons (Fsp3) is 0.211. The number of rotatable bonds is 5. The maximum atomic E-state index is 12.6. The molecule has 1 N–H and O–H groups in total. The van der Waals surface area contributed by atoms with E-state index < -0.39 is 5.25 Å². The first-order chi connectivity index (χ1) is 12.5. The van der Waals surface area contributed by atoms with Crippen LogP contribution in [-0.2, 0) is 14.4 Å². The highest BCUT2D eigenvalue weighted by Gasteiger charge is 2.40. The average molecular weight is 433 g/mol. The van der Waals surface area contributed by atoms with Crippen molar-refractivity contribution in [3.8, 4) is 0 Å². The van der Waals surface area contributed by atoms with Crippen LogP contribution in [0, 0.1) is 6.92 Å². The minimum absolute atomic E-state index is 0.108. The van der Waals surface area contributed by atoms with Gasteiger partial charge < -0.3 is 5.32 Å². The van der Waals surface area contributed by atoms with Crippen LogP contribution in [-0.4, -0.2) is 28.7 Å². The molecule has 3 amide bonds. The van der Waals surface area contributed by atoms with Gasteiger partial charge in [-0.25, -0.2) is 4.90 Å². The number of carbonyl (C=O) groups excluding carboxylic acids is 3. The van der Waals surface area contributed by atoms with E-state index in [2.05, 4.69) is 21.2 Å². The van der Waals surface area contributed by atoms with Crippen molar-refractivity contribution in [2.45, 2.75) is 18.6 Å². The number of nitrogens with one attached hydrogen (secondary N) is 1.